The fourth-order valence-electron chi connectivity index (χ4n) is 3.38. The minimum absolute atomic E-state index is 0.0123. The molecular weight excluding hydrogens is 456 g/mol. The number of thiazole rings is 1. The molecule has 0 fully saturated rings. The average molecular weight is 473 g/mol. The van der Waals surface area contributed by atoms with Gasteiger partial charge in [0.15, 0.2) is 5.13 Å². The van der Waals surface area contributed by atoms with Crippen LogP contribution in [0.5, 0.6) is 5.75 Å². The van der Waals surface area contributed by atoms with E-state index in [-0.39, 0.29) is 28.2 Å². The SMILES string of the molecule is CC(=O)NC1CCOc2ccc(-c3csc(NC(=O)c4cc([N+](=O)[O-])ccc4Cl)n3)cc21. The van der Waals surface area contributed by atoms with Gasteiger partial charge in [-0.2, -0.15) is 0 Å². The summed E-state index contributed by atoms with van der Waals surface area (Å²) in [6, 6.07) is 9.11. The Morgan fingerprint density at radius 2 is 2.09 bits per heavy atom. The monoisotopic (exact) mass is 472 g/mol. The van der Waals surface area contributed by atoms with Crippen molar-refractivity contribution in [2.75, 3.05) is 11.9 Å². The summed E-state index contributed by atoms with van der Waals surface area (Å²) in [6.45, 7) is 1.99. The second-order valence-corrected chi connectivity index (χ2v) is 8.32. The third-order valence-electron chi connectivity index (χ3n) is 4.85. The third-order valence-corrected chi connectivity index (χ3v) is 5.94. The first-order valence-electron chi connectivity index (χ1n) is 9.57. The highest BCUT2D eigenvalue weighted by atomic mass is 35.5. The van der Waals surface area contributed by atoms with Crippen LogP contribution in [0.4, 0.5) is 10.8 Å². The fraction of sp³-hybridized carbons (Fsp3) is 0.190. The highest BCUT2D eigenvalue weighted by Crippen LogP contribution is 2.36. The Morgan fingerprint density at radius 1 is 1.28 bits per heavy atom. The van der Waals surface area contributed by atoms with Gasteiger partial charge in [-0.3, -0.25) is 25.0 Å². The molecule has 0 bridgehead atoms. The maximum atomic E-state index is 12.6. The molecule has 0 spiro atoms. The Morgan fingerprint density at radius 3 is 2.84 bits per heavy atom. The molecule has 2 amide bonds. The molecule has 1 aliphatic rings. The van der Waals surface area contributed by atoms with E-state index >= 15 is 0 Å². The molecule has 32 heavy (non-hydrogen) atoms. The topological polar surface area (TPSA) is 123 Å². The van der Waals surface area contributed by atoms with Crippen LogP contribution in [-0.2, 0) is 4.79 Å². The summed E-state index contributed by atoms with van der Waals surface area (Å²) in [4.78, 5) is 39.0. The van der Waals surface area contributed by atoms with Crippen molar-refractivity contribution >= 4 is 45.6 Å². The van der Waals surface area contributed by atoms with Crippen LogP contribution in [0.3, 0.4) is 0 Å². The Hall–Kier alpha value is -3.50. The molecule has 0 saturated carbocycles. The number of nitro groups is 1. The van der Waals surface area contributed by atoms with E-state index in [2.05, 4.69) is 15.6 Å². The maximum absolute atomic E-state index is 12.6. The van der Waals surface area contributed by atoms with Crippen LogP contribution < -0.4 is 15.4 Å². The number of nitrogens with one attached hydrogen (secondary N) is 2. The number of hydrogen-bond donors (Lipinski definition) is 2. The second-order valence-electron chi connectivity index (χ2n) is 7.06. The number of carbonyl (C=O) groups is 2. The molecule has 2 N–H and O–H groups in total. The first kappa shape index (κ1) is 21.7. The predicted molar refractivity (Wildman–Crippen MR) is 120 cm³/mol. The fourth-order valence-corrected chi connectivity index (χ4v) is 4.30. The minimum Gasteiger partial charge on any atom is -0.493 e. The standard InChI is InChI=1S/C21H17ClN4O5S/c1-11(27)23-17-6-7-31-19-5-2-12(8-15(17)19)18-10-32-21(24-18)25-20(28)14-9-13(26(29)30)3-4-16(14)22/h2-5,8-10,17H,6-7H2,1H3,(H,23,27)(H,24,25,28). The van der Waals surface area contributed by atoms with Crippen LogP contribution in [0.15, 0.2) is 41.8 Å². The van der Waals surface area contributed by atoms with E-state index in [1.54, 1.807) is 5.38 Å². The summed E-state index contributed by atoms with van der Waals surface area (Å²) >= 11 is 7.25. The van der Waals surface area contributed by atoms with Gasteiger partial charge < -0.3 is 10.1 Å². The molecule has 1 atom stereocenters. The van der Waals surface area contributed by atoms with Gasteiger partial charge in [-0.15, -0.1) is 11.3 Å². The quantitative estimate of drug-likeness (QED) is 0.413. The van der Waals surface area contributed by atoms with Gasteiger partial charge in [0.2, 0.25) is 5.91 Å². The van der Waals surface area contributed by atoms with Crippen LogP contribution in [-0.4, -0.2) is 28.3 Å². The van der Waals surface area contributed by atoms with Crippen molar-refractivity contribution in [3.63, 3.8) is 0 Å². The molecule has 9 nitrogen and oxygen atoms in total. The van der Waals surface area contributed by atoms with Crippen LogP contribution >= 0.6 is 22.9 Å². The van der Waals surface area contributed by atoms with E-state index in [0.717, 1.165) is 17.2 Å². The number of rotatable bonds is 5. The van der Waals surface area contributed by atoms with E-state index in [1.807, 2.05) is 18.2 Å². The molecule has 1 aromatic heterocycles. The summed E-state index contributed by atoms with van der Waals surface area (Å²) in [5.74, 6) is -0.00120. The number of amides is 2. The second kappa shape index (κ2) is 8.93. The lowest BCUT2D eigenvalue weighted by Crippen LogP contribution is -2.30. The molecule has 164 valence electrons. The Bertz CT molecular complexity index is 1230. The molecule has 0 aliphatic carbocycles. The van der Waals surface area contributed by atoms with Gasteiger partial charge in [0.25, 0.3) is 11.6 Å². The van der Waals surface area contributed by atoms with Crippen LogP contribution in [0.25, 0.3) is 11.3 Å². The van der Waals surface area contributed by atoms with Gasteiger partial charge >= 0.3 is 0 Å². The number of nitro benzene ring substituents is 1. The number of halogens is 1. The van der Waals surface area contributed by atoms with Crippen LogP contribution in [0.2, 0.25) is 5.02 Å². The van der Waals surface area contributed by atoms with Gasteiger partial charge in [-0.1, -0.05) is 11.6 Å². The summed E-state index contributed by atoms with van der Waals surface area (Å²) in [5, 5.41) is 18.7. The van der Waals surface area contributed by atoms with Gasteiger partial charge in [-0.05, 0) is 24.3 Å². The molecular formula is C21H17ClN4O5S. The number of ether oxygens (including phenoxy) is 1. The van der Waals surface area contributed by atoms with E-state index < -0.39 is 10.8 Å². The lowest BCUT2D eigenvalue weighted by atomic mass is 9.97. The molecule has 2 heterocycles. The Balaban J connectivity index is 1.56. The molecule has 1 aliphatic heterocycles. The summed E-state index contributed by atoms with van der Waals surface area (Å²) in [6.07, 6.45) is 0.665. The minimum atomic E-state index is -0.595. The van der Waals surface area contributed by atoms with Gasteiger partial charge in [0.05, 0.1) is 33.9 Å². The van der Waals surface area contributed by atoms with Gasteiger partial charge in [-0.25, -0.2) is 4.98 Å². The Labute approximate surface area is 191 Å². The molecule has 4 rings (SSSR count). The normalized spacial score (nSPS) is 14.8. The van der Waals surface area contributed by atoms with Crippen molar-refractivity contribution < 1.29 is 19.2 Å². The van der Waals surface area contributed by atoms with Crippen molar-refractivity contribution in [1.29, 1.82) is 0 Å². The molecule has 3 aromatic rings. The van der Waals surface area contributed by atoms with Crippen molar-refractivity contribution in [2.24, 2.45) is 0 Å². The van der Waals surface area contributed by atoms with E-state index in [4.69, 9.17) is 16.3 Å². The maximum Gasteiger partial charge on any atom is 0.270 e. The molecule has 11 heteroatoms. The third kappa shape index (κ3) is 4.56. The largest absolute Gasteiger partial charge is 0.493 e. The van der Waals surface area contributed by atoms with Crippen LogP contribution in [0.1, 0.15) is 35.3 Å². The summed E-state index contributed by atoms with van der Waals surface area (Å²) < 4.78 is 5.68. The summed E-state index contributed by atoms with van der Waals surface area (Å²) in [7, 11) is 0. The van der Waals surface area contributed by atoms with E-state index in [0.29, 0.717) is 29.6 Å². The number of anilines is 1. The zero-order valence-electron chi connectivity index (χ0n) is 16.8. The highest BCUT2D eigenvalue weighted by Gasteiger charge is 2.23. The zero-order chi connectivity index (χ0) is 22.8. The van der Waals surface area contributed by atoms with Crippen molar-refractivity contribution in [2.45, 2.75) is 19.4 Å². The van der Waals surface area contributed by atoms with Crippen LogP contribution in [0, 0.1) is 10.1 Å². The number of hydrogen-bond acceptors (Lipinski definition) is 7. The van der Waals surface area contributed by atoms with E-state index in [1.165, 1.54) is 30.4 Å². The number of aromatic nitrogens is 1. The molecule has 1 unspecified atom stereocenters. The lowest BCUT2D eigenvalue weighted by Gasteiger charge is -2.26. The first-order chi connectivity index (χ1) is 15.3. The van der Waals surface area contributed by atoms with Crippen molar-refractivity contribution in [3.8, 4) is 17.0 Å². The first-order valence-corrected chi connectivity index (χ1v) is 10.8. The number of fused-ring (bicyclic) bond motifs is 1. The van der Waals surface area contributed by atoms with E-state index in [9.17, 15) is 19.7 Å². The average Bonchev–Trinajstić information content (AvgIpc) is 3.22. The van der Waals surface area contributed by atoms with Crippen molar-refractivity contribution in [1.82, 2.24) is 10.3 Å². The molecule has 0 radical (unpaired) electrons. The highest BCUT2D eigenvalue weighted by molar-refractivity contribution is 7.14. The number of nitrogens with zero attached hydrogens (tertiary/aromatic N) is 2. The zero-order valence-corrected chi connectivity index (χ0v) is 18.3. The summed E-state index contributed by atoms with van der Waals surface area (Å²) in [5.41, 5.74) is 2.05. The number of non-ortho nitro benzene ring substituents is 1. The number of benzene rings is 2. The molecule has 2 aromatic carbocycles. The smallest absolute Gasteiger partial charge is 0.270 e. The van der Waals surface area contributed by atoms with Gasteiger partial charge in [0.1, 0.15) is 5.75 Å². The lowest BCUT2D eigenvalue weighted by molar-refractivity contribution is -0.384. The number of carbonyl (C=O) groups excluding carboxylic acids is 2. The predicted octanol–water partition coefficient (Wildman–Crippen LogP) is 4.58. The molecule has 0 saturated heterocycles. The van der Waals surface area contributed by atoms with Gasteiger partial charge in [0, 0.05) is 42.0 Å². The Kier molecular flexibility index (Phi) is 6.06. The van der Waals surface area contributed by atoms with Crippen molar-refractivity contribution in [3.05, 3.63) is 68.0 Å².